The fraction of sp³-hybridized carbons (Fsp3) is 0.130. The van der Waals surface area contributed by atoms with E-state index in [0.717, 1.165) is 11.1 Å². The van der Waals surface area contributed by atoms with Gasteiger partial charge in [0.25, 0.3) is 0 Å². The van der Waals surface area contributed by atoms with Crippen molar-refractivity contribution in [2.75, 3.05) is 0 Å². The number of nitrogens with zero attached hydrogens (tertiary/aromatic N) is 1. The molecule has 5 heteroatoms. The van der Waals surface area contributed by atoms with Gasteiger partial charge in [0.1, 0.15) is 12.4 Å². The Balaban J connectivity index is 0.00000280. The molecule has 0 saturated carbocycles. The maximum atomic E-state index is 12.0. The van der Waals surface area contributed by atoms with Gasteiger partial charge in [-0.15, -0.1) is 12.4 Å². The molecule has 0 saturated heterocycles. The second-order valence-corrected chi connectivity index (χ2v) is 6.22. The van der Waals surface area contributed by atoms with Gasteiger partial charge in [0.05, 0.1) is 17.6 Å². The van der Waals surface area contributed by atoms with Crippen LogP contribution >= 0.6 is 12.4 Å². The number of carboxylic acids is 1. The first-order valence-corrected chi connectivity index (χ1v) is 8.65. The molecule has 28 heavy (non-hydrogen) atoms. The summed E-state index contributed by atoms with van der Waals surface area (Å²) in [6.07, 6.45) is 0.326. The highest BCUT2D eigenvalue weighted by molar-refractivity contribution is 5.85. The Kier molecular flexibility index (Phi) is 7.62. The molecule has 0 bridgehead atoms. The first-order chi connectivity index (χ1) is 13.2. The summed E-state index contributed by atoms with van der Waals surface area (Å²) in [4.78, 5) is 12.0. The van der Waals surface area contributed by atoms with Gasteiger partial charge < -0.3 is 9.84 Å². The van der Waals surface area contributed by atoms with Crippen LogP contribution in [0.3, 0.4) is 0 Å². The van der Waals surface area contributed by atoms with Crippen LogP contribution in [-0.2, 0) is 17.8 Å². The van der Waals surface area contributed by atoms with Crippen molar-refractivity contribution in [3.8, 4) is 11.8 Å². The molecule has 4 nitrogen and oxygen atoms in total. The molecule has 0 amide bonds. The van der Waals surface area contributed by atoms with Crippen LogP contribution in [0.2, 0.25) is 0 Å². The van der Waals surface area contributed by atoms with Crippen LogP contribution < -0.4 is 4.74 Å². The molecule has 3 aromatic rings. The number of aliphatic carboxylic acids is 1. The molecular weight excluding hydrogens is 374 g/mol. The lowest BCUT2D eigenvalue weighted by Gasteiger charge is -2.18. The summed E-state index contributed by atoms with van der Waals surface area (Å²) in [5.41, 5.74) is 2.83. The molecule has 1 N–H and O–H groups in total. The summed E-state index contributed by atoms with van der Waals surface area (Å²) in [5.74, 6) is -1.26. The van der Waals surface area contributed by atoms with E-state index in [2.05, 4.69) is 6.07 Å². The normalized spacial score (nSPS) is 11.0. The van der Waals surface area contributed by atoms with Crippen LogP contribution in [0, 0.1) is 11.3 Å². The van der Waals surface area contributed by atoms with Gasteiger partial charge in [-0.3, -0.25) is 4.79 Å². The monoisotopic (exact) mass is 393 g/mol. The van der Waals surface area contributed by atoms with E-state index in [1.54, 1.807) is 18.2 Å². The lowest BCUT2D eigenvalue weighted by molar-refractivity contribution is -0.138. The molecule has 0 aliphatic rings. The summed E-state index contributed by atoms with van der Waals surface area (Å²) >= 11 is 0. The number of hydrogen-bond acceptors (Lipinski definition) is 3. The molecule has 0 aliphatic heterocycles. The second kappa shape index (κ2) is 10.1. The van der Waals surface area contributed by atoms with Crippen molar-refractivity contribution in [2.24, 2.45) is 0 Å². The Labute approximate surface area is 170 Å². The molecule has 0 aromatic heterocycles. The Hall–Kier alpha value is -3.29. The van der Waals surface area contributed by atoms with Crippen LogP contribution in [0.25, 0.3) is 0 Å². The zero-order valence-corrected chi connectivity index (χ0v) is 15.9. The zero-order valence-electron chi connectivity index (χ0n) is 15.1. The van der Waals surface area contributed by atoms with Crippen LogP contribution in [0.5, 0.6) is 5.75 Å². The second-order valence-electron chi connectivity index (χ2n) is 6.22. The summed E-state index contributed by atoms with van der Waals surface area (Å²) in [6.45, 7) is 0.331. The molecular formula is C23H20ClNO3. The minimum atomic E-state index is -0.946. The molecule has 1 atom stereocenters. The van der Waals surface area contributed by atoms with Gasteiger partial charge in [0.2, 0.25) is 0 Å². The molecule has 1 unspecified atom stereocenters. The highest BCUT2D eigenvalue weighted by atomic mass is 35.5. The molecule has 3 aromatic carbocycles. The van der Waals surface area contributed by atoms with Crippen molar-refractivity contribution in [3.05, 3.63) is 101 Å². The Morgan fingerprint density at radius 2 is 1.57 bits per heavy atom. The van der Waals surface area contributed by atoms with Crippen molar-refractivity contribution >= 4 is 18.4 Å². The van der Waals surface area contributed by atoms with Gasteiger partial charge in [-0.2, -0.15) is 5.26 Å². The van der Waals surface area contributed by atoms with E-state index in [4.69, 9.17) is 4.74 Å². The molecule has 0 fully saturated rings. The van der Waals surface area contributed by atoms with E-state index in [9.17, 15) is 15.2 Å². The van der Waals surface area contributed by atoms with Gasteiger partial charge in [-0.1, -0.05) is 60.7 Å². The Morgan fingerprint density at radius 1 is 0.964 bits per heavy atom. The minimum absolute atomic E-state index is 0. The molecule has 0 spiro atoms. The highest BCUT2D eigenvalue weighted by Gasteiger charge is 2.24. The van der Waals surface area contributed by atoms with Crippen molar-refractivity contribution in [1.82, 2.24) is 0 Å². The summed E-state index contributed by atoms with van der Waals surface area (Å²) in [5, 5.41) is 19.1. The molecule has 3 rings (SSSR count). The van der Waals surface area contributed by atoms with Gasteiger partial charge in [-0.05, 0) is 35.7 Å². The summed E-state index contributed by atoms with van der Waals surface area (Å²) < 4.78 is 5.92. The van der Waals surface area contributed by atoms with Gasteiger partial charge in [-0.25, -0.2) is 0 Å². The third-order valence-corrected chi connectivity index (χ3v) is 4.33. The number of benzene rings is 3. The third-order valence-electron chi connectivity index (χ3n) is 4.33. The average Bonchev–Trinajstić information content (AvgIpc) is 2.72. The first kappa shape index (κ1) is 21.0. The fourth-order valence-electron chi connectivity index (χ4n) is 2.94. The number of carbonyl (C=O) groups is 1. The maximum absolute atomic E-state index is 12.0. The third kappa shape index (κ3) is 5.35. The van der Waals surface area contributed by atoms with Crippen LogP contribution in [-0.4, -0.2) is 11.1 Å². The molecule has 0 heterocycles. The number of halogens is 1. The number of ether oxygens (including phenoxy) is 1. The first-order valence-electron chi connectivity index (χ1n) is 8.65. The summed E-state index contributed by atoms with van der Waals surface area (Å²) in [7, 11) is 0. The lowest BCUT2D eigenvalue weighted by atomic mass is 9.90. The predicted molar refractivity (Wildman–Crippen MR) is 110 cm³/mol. The SMILES string of the molecule is Cl.N#Cc1ccc(OCc2ccccc2)c(C(Cc2ccccc2)C(=O)O)c1. The predicted octanol–water partition coefficient (Wildman–Crippen LogP) is 4.97. The van der Waals surface area contributed by atoms with Crippen molar-refractivity contribution in [3.63, 3.8) is 0 Å². The number of hydrogen-bond donors (Lipinski definition) is 1. The number of carboxylic acid groups (broad SMARTS) is 1. The van der Waals surface area contributed by atoms with E-state index in [0.29, 0.717) is 29.9 Å². The van der Waals surface area contributed by atoms with E-state index < -0.39 is 11.9 Å². The smallest absolute Gasteiger partial charge is 0.311 e. The number of rotatable bonds is 7. The van der Waals surface area contributed by atoms with Gasteiger partial charge in [0, 0.05) is 5.56 Å². The molecule has 142 valence electrons. The zero-order chi connectivity index (χ0) is 19.1. The van der Waals surface area contributed by atoms with Crippen LogP contribution in [0.1, 0.15) is 28.2 Å². The molecule has 0 radical (unpaired) electrons. The molecule has 0 aliphatic carbocycles. The lowest BCUT2D eigenvalue weighted by Crippen LogP contribution is -2.16. The van der Waals surface area contributed by atoms with E-state index >= 15 is 0 Å². The van der Waals surface area contributed by atoms with Crippen LogP contribution in [0.15, 0.2) is 78.9 Å². The van der Waals surface area contributed by atoms with Crippen molar-refractivity contribution < 1.29 is 14.6 Å². The van der Waals surface area contributed by atoms with Crippen molar-refractivity contribution in [2.45, 2.75) is 18.9 Å². The topological polar surface area (TPSA) is 70.3 Å². The minimum Gasteiger partial charge on any atom is -0.489 e. The standard InChI is InChI=1S/C23H19NO3.ClH/c24-15-19-11-12-22(27-16-18-9-5-2-6-10-18)20(14-19)21(23(25)26)13-17-7-3-1-4-8-17;/h1-12,14,21H,13,16H2,(H,25,26);1H. The quantitative estimate of drug-likeness (QED) is 0.615. The van der Waals surface area contributed by atoms with Crippen molar-refractivity contribution in [1.29, 1.82) is 5.26 Å². The largest absolute Gasteiger partial charge is 0.489 e. The van der Waals surface area contributed by atoms with E-state index in [1.807, 2.05) is 60.7 Å². The van der Waals surface area contributed by atoms with Gasteiger partial charge in [0.15, 0.2) is 0 Å². The summed E-state index contributed by atoms with van der Waals surface area (Å²) in [6, 6.07) is 26.1. The highest BCUT2D eigenvalue weighted by Crippen LogP contribution is 2.31. The fourth-order valence-corrected chi connectivity index (χ4v) is 2.94. The van der Waals surface area contributed by atoms with Crippen LogP contribution in [0.4, 0.5) is 0 Å². The Bertz CT molecular complexity index is 953. The average molecular weight is 394 g/mol. The van der Waals surface area contributed by atoms with E-state index in [-0.39, 0.29) is 12.4 Å². The number of nitriles is 1. The maximum Gasteiger partial charge on any atom is 0.311 e. The van der Waals surface area contributed by atoms with Gasteiger partial charge >= 0.3 is 5.97 Å². The van der Waals surface area contributed by atoms with E-state index in [1.165, 1.54) is 0 Å². The Morgan fingerprint density at radius 3 is 2.14 bits per heavy atom.